The maximum atomic E-state index is 14.1. The summed E-state index contributed by atoms with van der Waals surface area (Å²) in [4.78, 5) is 47.5. The van der Waals surface area contributed by atoms with Gasteiger partial charge in [-0.3, -0.25) is 19.1 Å². The maximum absolute atomic E-state index is 14.1. The number of sulfonamides is 1. The lowest BCUT2D eigenvalue weighted by molar-refractivity contribution is -0.149. The van der Waals surface area contributed by atoms with Gasteiger partial charge in [0.1, 0.15) is 6.10 Å². The summed E-state index contributed by atoms with van der Waals surface area (Å²) in [6.45, 7) is 9.87. The Hall–Kier alpha value is -3.27. The third kappa shape index (κ3) is 5.01. The minimum atomic E-state index is -3.76. The summed E-state index contributed by atoms with van der Waals surface area (Å²) in [5.74, 6) is -0.850. The van der Waals surface area contributed by atoms with Gasteiger partial charge in [0.25, 0.3) is 0 Å². The molecule has 1 aromatic carbocycles. The number of amides is 2. The molecule has 0 bridgehead atoms. The zero-order valence-corrected chi connectivity index (χ0v) is 25.2. The standard InChI is InChI=1S/C32H39N3O6S/c1-5-21-16-32(21,31(38)34-42(39,40)22-7-8-22)17-27(36)26-15-28(25-11-10-23(18(2)3)30(37)35(25)26)41-29-24-9-6-19(4)14-20(24)12-13-33-29/h5-6,9,12-14,18,21-23,25-26,28H,1,7-8,10-11,15-17H2,2-4H3,(H,34,38)/t21-,23-,25-,26+,28-,32-/m1/s1. The molecule has 10 heteroatoms. The van der Waals surface area contributed by atoms with Gasteiger partial charge >= 0.3 is 0 Å². The van der Waals surface area contributed by atoms with E-state index in [2.05, 4.69) is 22.4 Å². The molecule has 2 saturated heterocycles. The van der Waals surface area contributed by atoms with Crippen LogP contribution in [0.15, 0.2) is 43.1 Å². The van der Waals surface area contributed by atoms with Crippen molar-refractivity contribution in [1.82, 2.24) is 14.6 Å². The summed E-state index contributed by atoms with van der Waals surface area (Å²) >= 11 is 0. The number of fused-ring (bicyclic) bond motifs is 2. The number of rotatable bonds is 10. The topological polar surface area (TPSA) is 123 Å². The van der Waals surface area contributed by atoms with Crippen molar-refractivity contribution in [3.05, 3.63) is 48.7 Å². The number of carbonyl (C=O) groups excluding carboxylic acids is 3. The van der Waals surface area contributed by atoms with Crippen molar-refractivity contribution >= 4 is 38.4 Å². The number of aromatic nitrogens is 1. The first-order chi connectivity index (χ1) is 19.9. The van der Waals surface area contributed by atoms with E-state index in [1.165, 1.54) is 0 Å². The number of piperidine rings is 1. The molecule has 4 fully saturated rings. The zero-order valence-electron chi connectivity index (χ0n) is 24.4. The molecule has 2 saturated carbocycles. The number of benzene rings is 1. The zero-order chi connectivity index (χ0) is 30.0. The SMILES string of the molecule is C=C[C@@H]1C[C@]1(CC(=O)[C@@H]1C[C@@H](Oc2nccc3cc(C)ccc23)[C@H]2CC[C@H](C(C)C)C(=O)N21)C(=O)NS(=O)(=O)C1CC1. The Morgan fingerprint density at radius 1 is 1.21 bits per heavy atom. The van der Waals surface area contributed by atoms with Crippen molar-refractivity contribution in [3.63, 3.8) is 0 Å². The Balaban J connectivity index is 1.28. The van der Waals surface area contributed by atoms with Crippen LogP contribution < -0.4 is 9.46 Å². The van der Waals surface area contributed by atoms with Crippen molar-refractivity contribution in [2.75, 3.05) is 0 Å². The number of hydrogen-bond donors (Lipinski definition) is 1. The van der Waals surface area contributed by atoms with Crippen LogP contribution in [-0.2, 0) is 24.4 Å². The minimum Gasteiger partial charge on any atom is -0.472 e. The second kappa shape index (κ2) is 10.5. The minimum absolute atomic E-state index is 0.0573. The van der Waals surface area contributed by atoms with Gasteiger partial charge in [0, 0.05) is 30.3 Å². The second-order valence-corrected chi connectivity index (χ2v) is 15.0. The van der Waals surface area contributed by atoms with Crippen LogP contribution in [-0.4, -0.2) is 59.3 Å². The summed E-state index contributed by atoms with van der Waals surface area (Å²) < 4.78 is 33.9. The fourth-order valence-corrected chi connectivity index (χ4v) is 8.44. The summed E-state index contributed by atoms with van der Waals surface area (Å²) in [5.41, 5.74) is -0.0450. The molecule has 0 radical (unpaired) electrons. The van der Waals surface area contributed by atoms with Crippen LogP contribution in [0, 0.1) is 30.1 Å². The molecule has 6 atom stereocenters. The fraction of sp³-hybridized carbons (Fsp3) is 0.562. The first-order valence-corrected chi connectivity index (χ1v) is 16.6. The molecule has 2 aromatic rings. The smallest absolute Gasteiger partial charge is 0.240 e. The third-order valence-corrected chi connectivity index (χ3v) is 11.6. The normalized spacial score (nSPS) is 30.7. The first kappa shape index (κ1) is 28.8. The van der Waals surface area contributed by atoms with E-state index in [0.29, 0.717) is 44.4 Å². The Labute approximate surface area is 247 Å². The Kier molecular flexibility index (Phi) is 7.19. The van der Waals surface area contributed by atoms with Gasteiger partial charge in [0.05, 0.1) is 22.7 Å². The third-order valence-electron chi connectivity index (χ3n) is 9.80. The number of aryl methyl sites for hydroxylation is 1. The van der Waals surface area contributed by atoms with E-state index in [1.807, 2.05) is 39.0 Å². The number of pyridine rings is 1. The number of allylic oxidation sites excluding steroid dienone is 1. The van der Waals surface area contributed by atoms with E-state index in [9.17, 15) is 22.8 Å². The van der Waals surface area contributed by atoms with Gasteiger partial charge in [-0.05, 0) is 68.4 Å². The predicted octanol–water partition coefficient (Wildman–Crippen LogP) is 4.09. The Bertz CT molecular complexity index is 1570. The number of ketones is 1. The average molecular weight is 594 g/mol. The van der Waals surface area contributed by atoms with Crippen molar-refractivity contribution in [1.29, 1.82) is 0 Å². The molecule has 0 unspecified atom stereocenters. The van der Waals surface area contributed by atoms with E-state index >= 15 is 0 Å². The summed E-state index contributed by atoms with van der Waals surface area (Å²) in [6, 6.07) is 6.92. The quantitative estimate of drug-likeness (QED) is 0.412. The van der Waals surface area contributed by atoms with E-state index in [4.69, 9.17) is 4.74 Å². The van der Waals surface area contributed by atoms with Gasteiger partial charge < -0.3 is 9.64 Å². The molecular formula is C32H39N3O6S. The molecule has 3 heterocycles. The van der Waals surface area contributed by atoms with Gasteiger partial charge in [-0.1, -0.05) is 37.6 Å². The molecule has 9 nitrogen and oxygen atoms in total. The van der Waals surface area contributed by atoms with Crippen LogP contribution in [0.4, 0.5) is 0 Å². The number of carbonyl (C=O) groups is 3. The molecule has 2 aliphatic carbocycles. The molecule has 42 heavy (non-hydrogen) atoms. The highest BCUT2D eigenvalue weighted by Gasteiger charge is 2.62. The van der Waals surface area contributed by atoms with Crippen LogP contribution in [0.5, 0.6) is 5.88 Å². The number of nitrogens with zero attached hydrogens (tertiary/aromatic N) is 2. The van der Waals surface area contributed by atoms with E-state index in [1.54, 1.807) is 17.2 Å². The van der Waals surface area contributed by atoms with Crippen LogP contribution in [0.2, 0.25) is 0 Å². The van der Waals surface area contributed by atoms with Crippen molar-refractivity contribution in [2.24, 2.45) is 23.2 Å². The molecule has 224 valence electrons. The molecule has 1 N–H and O–H groups in total. The molecule has 0 spiro atoms. The van der Waals surface area contributed by atoms with E-state index in [-0.39, 0.29) is 41.9 Å². The monoisotopic (exact) mass is 593 g/mol. The van der Waals surface area contributed by atoms with Gasteiger partial charge in [0.2, 0.25) is 27.7 Å². The maximum Gasteiger partial charge on any atom is 0.240 e. The average Bonchev–Trinajstić information content (AvgIpc) is 3.86. The number of Topliss-reactive ketones (excluding diaryl/α,β-unsaturated/α-hetero) is 1. The predicted molar refractivity (Wildman–Crippen MR) is 158 cm³/mol. The largest absolute Gasteiger partial charge is 0.472 e. The van der Waals surface area contributed by atoms with Crippen LogP contribution >= 0.6 is 0 Å². The molecule has 6 rings (SSSR count). The Morgan fingerprint density at radius 3 is 2.64 bits per heavy atom. The van der Waals surface area contributed by atoms with Gasteiger partial charge in [-0.2, -0.15) is 0 Å². The van der Waals surface area contributed by atoms with Gasteiger partial charge in [-0.25, -0.2) is 13.4 Å². The molecule has 2 aliphatic heterocycles. The van der Waals surface area contributed by atoms with Crippen molar-refractivity contribution in [2.45, 2.75) is 89.2 Å². The second-order valence-electron chi connectivity index (χ2n) is 13.0. The molecule has 2 amide bonds. The number of hydrogen-bond acceptors (Lipinski definition) is 7. The van der Waals surface area contributed by atoms with Crippen LogP contribution in [0.3, 0.4) is 0 Å². The molecule has 1 aromatic heterocycles. The fourth-order valence-electron chi connectivity index (χ4n) is 7.06. The highest BCUT2D eigenvalue weighted by molar-refractivity contribution is 7.90. The summed E-state index contributed by atoms with van der Waals surface area (Å²) in [5, 5.41) is 1.32. The Morgan fingerprint density at radius 2 is 1.98 bits per heavy atom. The summed E-state index contributed by atoms with van der Waals surface area (Å²) in [7, 11) is -3.76. The van der Waals surface area contributed by atoms with Crippen molar-refractivity contribution < 1.29 is 27.5 Å². The van der Waals surface area contributed by atoms with E-state index < -0.39 is 38.7 Å². The van der Waals surface area contributed by atoms with Crippen LogP contribution in [0.1, 0.15) is 64.4 Å². The lowest BCUT2D eigenvalue weighted by Crippen LogP contribution is -2.54. The lowest BCUT2D eigenvalue weighted by atomic mass is 9.84. The van der Waals surface area contributed by atoms with E-state index in [0.717, 1.165) is 16.3 Å². The first-order valence-electron chi connectivity index (χ1n) is 15.0. The van der Waals surface area contributed by atoms with Crippen molar-refractivity contribution in [3.8, 4) is 5.88 Å². The number of ether oxygens (including phenoxy) is 1. The van der Waals surface area contributed by atoms with Gasteiger partial charge in [0.15, 0.2) is 5.78 Å². The van der Waals surface area contributed by atoms with Crippen LogP contribution in [0.25, 0.3) is 10.8 Å². The lowest BCUT2D eigenvalue weighted by Gasteiger charge is -2.40. The molecule has 4 aliphatic rings. The highest BCUT2D eigenvalue weighted by Crippen LogP contribution is 2.57. The highest BCUT2D eigenvalue weighted by atomic mass is 32.2. The number of nitrogens with one attached hydrogen (secondary N) is 1. The summed E-state index contributed by atoms with van der Waals surface area (Å²) in [6.07, 6.45) is 5.85. The van der Waals surface area contributed by atoms with Gasteiger partial charge in [-0.15, -0.1) is 6.58 Å². The molecular weight excluding hydrogens is 554 g/mol.